The summed E-state index contributed by atoms with van der Waals surface area (Å²) in [7, 11) is 0. The topological polar surface area (TPSA) is 30.2 Å². The summed E-state index contributed by atoms with van der Waals surface area (Å²) >= 11 is 0. The largest absolute Gasteiger partial charge is 0.232 e. The second-order valence-corrected chi connectivity index (χ2v) is 3.03. The molecule has 0 aromatic carbocycles. The first-order chi connectivity index (χ1) is 5.68. The van der Waals surface area contributed by atoms with E-state index in [1.165, 1.54) is 0 Å². The van der Waals surface area contributed by atoms with E-state index in [1.807, 2.05) is 37.4 Å². The smallest absolute Gasteiger partial charge is 0.154 e. The maximum Gasteiger partial charge on any atom is 0.154 e. The van der Waals surface area contributed by atoms with Crippen LogP contribution in [0.2, 0.25) is 0 Å². The molecule has 3 nitrogen and oxygen atoms in total. The zero-order chi connectivity index (χ0) is 8.72. The minimum atomic E-state index is 0.926. The summed E-state index contributed by atoms with van der Waals surface area (Å²) in [6, 6.07) is 3.96. The Hall–Kier alpha value is -1.38. The number of rotatable bonds is 0. The van der Waals surface area contributed by atoms with Gasteiger partial charge in [0.15, 0.2) is 5.65 Å². The van der Waals surface area contributed by atoms with Crippen molar-refractivity contribution in [3.05, 3.63) is 29.2 Å². The van der Waals surface area contributed by atoms with Crippen molar-refractivity contribution in [2.75, 3.05) is 0 Å². The van der Waals surface area contributed by atoms with Gasteiger partial charge < -0.3 is 0 Å². The van der Waals surface area contributed by atoms with Crippen molar-refractivity contribution >= 4 is 5.65 Å². The summed E-state index contributed by atoms with van der Waals surface area (Å²) in [6.07, 6.45) is 0. The number of nitrogens with zero attached hydrogens (tertiary/aromatic N) is 3. The molecule has 0 saturated heterocycles. The molecule has 0 radical (unpaired) electrons. The molecule has 0 N–H and O–H groups in total. The van der Waals surface area contributed by atoms with Gasteiger partial charge >= 0.3 is 0 Å². The number of aryl methyl sites for hydroxylation is 3. The van der Waals surface area contributed by atoms with Crippen molar-refractivity contribution in [1.82, 2.24) is 14.6 Å². The van der Waals surface area contributed by atoms with Gasteiger partial charge in [-0.05, 0) is 32.9 Å². The highest BCUT2D eigenvalue weighted by Gasteiger charge is 2.03. The first kappa shape index (κ1) is 7.28. The molecule has 0 spiro atoms. The average Bonchev–Trinajstić information content (AvgIpc) is 2.31. The summed E-state index contributed by atoms with van der Waals surface area (Å²) < 4.78 is 1.88. The summed E-state index contributed by atoms with van der Waals surface area (Å²) in [5.74, 6) is 0. The highest BCUT2D eigenvalue weighted by atomic mass is 15.3. The molecule has 2 heterocycles. The van der Waals surface area contributed by atoms with Crippen LogP contribution in [0.25, 0.3) is 5.65 Å². The molecule has 2 rings (SSSR count). The minimum Gasteiger partial charge on any atom is -0.232 e. The number of imidazole rings is 1. The third kappa shape index (κ3) is 0.897. The van der Waals surface area contributed by atoms with E-state index in [4.69, 9.17) is 0 Å². The summed E-state index contributed by atoms with van der Waals surface area (Å²) in [4.78, 5) is 4.35. The number of aromatic nitrogens is 3. The Morgan fingerprint density at radius 3 is 2.67 bits per heavy atom. The lowest BCUT2D eigenvalue weighted by Crippen LogP contribution is -1.95. The quantitative estimate of drug-likeness (QED) is 0.588. The van der Waals surface area contributed by atoms with E-state index in [9.17, 15) is 0 Å². The van der Waals surface area contributed by atoms with Crippen molar-refractivity contribution in [3.8, 4) is 0 Å². The average molecular weight is 161 g/mol. The van der Waals surface area contributed by atoms with Gasteiger partial charge in [-0.25, -0.2) is 9.50 Å². The van der Waals surface area contributed by atoms with Crippen LogP contribution in [0.5, 0.6) is 0 Å². The molecule has 0 atom stereocenters. The predicted molar refractivity (Wildman–Crippen MR) is 47.2 cm³/mol. The molecule has 0 amide bonds. The normalized spacial score (nSPS) is 10.9. The van der Waals surface area contributed by atoms with Crippen LogP contribution in [-0.4, -0.2) is 14.6 Å². The van der Waals surface area contributed by atoms with E-state index < -0.39 is 0 Å². The van der Waals surface area contributed by atoms with Crippen molar-refractivity contribution in [3.63, 3.8) is 0 Å². The van der Waals surface area contributed by atoms with Crippen LogP contribution in [0.3, 0.4) is 0 Å². The molecular formula is C9H11N3. The lowest BCUT2D eigenvalue weighted by molar-refractivity contribution is 0.867. The van der Waals surface area contributed by atoms with Crippen molar-refractivity contribution in [2.24, 2.45) is 0 Å². The monoisotopic (exact) mass is 161 g/mol. The molecule has 62 valence electrons. The molecule has 3 heteroatoms. The zero-order valence-electron chi connectivity index (χ0n) is 7.50. The highest BCUT2D eigenvalue weighted by molar-refractivity contribution is 5.41. The Balaban J connectivity index is 2.88. The zero-order valence-corrected chi connectivity index (χ0v) is 7.50. The van der Waals surface area contributed by atoms with Crippen LogP contribution >= 0.6 is 0 Å². The maximum atomic E-state index is 4.35. The van der Waals surface area contributed by atoms with Crippen molar-refractivity contribution in [2.45, 2.75) is 20.8 Å². The fourth-order valence-corrected chi connectivity index (χ4v) is 1.25. The standard InChI is InChI=1S/C9H11N3/c1-6-4-5-9-10-7(2)8(3)12(9)11-6/h4-5H,1-3H3. The molecule has 0 fully saturated rings. The molecular weight excluding hydrogens is 150 g/mol. The second kappa shape index (κ2) is 2.30. The third-order valence-corrected chi connectivity index (χ3v) is 2.07. The van der Waals surface area contributed by atoms with Gasteiger partial charge in [0.2, 0.25) is 0 Å². The Morgan fingerprint density at radius 1 is 1.17 bits per heavy atom. The summed E-state index contributed by atoms with van der Waals surface area (Å²) in [5, 5.41) is 4.35. The molecule has 2 aromatic heterocycles. The Labute approximate surface area is 71.1 Å². The SMILES string of the molecule is Cc1ccc2nc(C)c(C)n2n1. The van der Waals surface area contributed by atoms with Crippen LogP contribution in [0, 0.1) is 20.8 Å². The van der Waals surface area contributed by atoms with Gasteiger partial charge in [0.25, 0.3) is 0 Å². The van der Waals surface area contributed by atoms with E-state index in [0.29, 0.717) is 0 Å². The molecule has 12 heavy (non-hydrogen) atoms. The first-order valence-corrected chi connectivity index (χ1v) is 3.98. The predicted octanol–water partition coefficient (Wildman–Crippen LogP) is 1.65. The van der Waals surface area contributed by atoms with Crippen LogP contribution in [0.1, 0.15) is 17.1 Å². The van der Waals surface area contributed by atoms with Crippen molar-refractivity contribution < 1.29 is 0 Å². The number of hydrogen-bond donors (Lipinski definition) is 0. The van der Waals surface area contributed by atoms with Crippen LogP contribution in [0.4, 0.5) is 0 Å². The Kier molecular flexibility index (Phi) is 1.40. The van der Waals surface area contributed by atoms with E-state index in [0.717, 1.165) is 22.7 Å². The molecule has 0 aliphatic rings. The number of fused-ring (bicyclic) bond motifs is 1. The van der Waals surface area contributed by atoms with Gasteiger partial charge in [-0.15, -0.1) is 0 Å². The first-order valence-electron chi connectivity index (χ1n) is 3.98. The van der Waals surface area contributed by atoms with Crippen LogP contribution in [0.15, 0.2) is 12.1 Å². The molecule has 0 aliphatic carbocycles. The van der Waals surface area contributed by atoms with E-state index in [-0.39, 0.29) is 0 Å². The van der Waals surface area contributed by atoms with Gasteiger partial charge in [-0.1, -0.05) is 0 Å². The minimum absolute atomic E-state index is 0.926. The van der Waals surface area contributed by atoms with Gasteiger partial charge in [-0.2, -0.15) is 5.10 Å². The fraction of sp³-hybridized carbons (Fsp3) is 0.333. The fourth-order valence-electron chi connectivity index (χ4n) is 1.25. The molecule has 2 aromatic rings. The van der Waals surface area contributed by atoms with Gasteiger partial charge in [0.1, 0.15) is 0 Å². The van der Waals surface area contributed by atoms with Crippen molar-refractivity contribution in [1.29, 1.82) is 0 Å². The third-order valence-electron chi connectivity index (χ3n) is 2.07. The summed E-state index contributed by atoms with van der Waals surface area (Å²) in [6.45, 7) is 6.01. The lowest BCUT2D eigenvalue weighted by Gasteiger charge is -1.95. The highest BCUT2D eigenvalue weighted by Crippen LogP contribution is 2.08. The van der Waals surface area contributed by atoms with Crippen LogP contribution in [-0.2, 0) is 0 Å². The molecule has 0 saturated carbocycles. The molecule has 0 unspecified atom stereocenters. The Morgan fingerprint density at radius 2 is 1.92 bits per heavy atom. The molecule has 0 bridgehead atoms. The lowest BCUT2D eigenvalue weighted by atomic mass is 10.4. The Bertz CT molecular complexity index is 429. The maximum absolute atomic E-state index is 4.35. The van der Waals surface area contributed by atoms with E-state index in [1.54, 1.807) is 0 Å². The number of hydrogen-bond acceptors (Lipinski definition) is 2. The van der Waals surface area contributed by atoms with Crippen LogP contribution < -0.4 is 0 Å². The van der Waals surface area contributed by atoms with Gasteiger partial charge in [0, 0.05) is 0 Å². The van der Waals surface area contributed by atoms with Gasteiger partial charge in [-0.3, -0.25) is 0 Å². The summed E-state index contributed by atoms with van der Waals surface area (Å²) in [5.41, 5.74) is 4.11. The molecule has 0 aliphatic heterocycles. The van der Waals surface area contributed by atoms with E-state index in [2.05, 4.69) is 10.1 Å². The second-order valence-electron chi connectivity index (χ2n) is 3.03. The van der Waals surface area contributed by atoms with Gasteiger partial charge in [0.05, 0.1) is 17.1 Å². The van der Waals surface area contributed by atoms with E-state index >= 15 is 0 Å².